The molecule has 0 aromatic heterocycles. The van der Waals surface area contributed by atoms with Crippen LogP contribution in [0.5, 0.6) is 0 Å². The lowest BCUT2D eigenvalue weighted by Crippen LogP contribution is -2.50. The first-order chi connectivity index (χ1) is 7.98. The van der Waals surface area contributed by atoms with Gasteiger partial charge in [0.2, 0.25) is 0 Å². The SMILES string of the molecule is CNC1CCN(c2c(C)cccc2C)C1(C)C. The van der Waals surface area contributed by atoms with Gasteiger partial charge in [0.05, 0.1) is 0 Å². The zero-order chi connectivity index (χ0) is 12.6. The van der Waals surface area contributed by atoms with Gasteiger partial charge < -0.3 is 10.2 Å². The van der Waals surface area contributed by atoms with E-state index in [9.17, 15) is 0 Å². The van der Waals surface area contributed by atoms with E-state index < -0.39 is 0 Å². The van der Waals surface area contributed by atoms with Gasteiger partial charge in [-0.25, -0.2) is 0 Å². The van der Waals surface area contributed by atoms with Crippen LogP contribution >= 0.6 is 0 Å². The van der Waals surface area contributed by atoms with Gasteiger partial charge in [0.15, 0.2) is 0 Å². The molecule has 94 valence electrons. The van der Waals surface area contributed by atoms with E-state index in [-0.39, 0.29) is 5.54 Å². The highest BCUT2D eigenvalue weighted by Crippen LogP contribution is 2.37. The van der Waals surface area contributed by atoms with Gasteiger partial charge in [0, 0.05) is 23.8 Å². The normalized spacial score (nSPS) is 23.1. The van der Waals surface area contributed by atoms with Crippen LogP contribution in [0.3, 0.4) is 0 Å². The quantitative estimate of drug-likeness (QED) is 0.843. The molecule has 0 saturated carbocycles. The second-order valence-corrected chi connectivity index (χ2v) is 5.68. The fourth-order valence-corrected chi connectivity index (χ4v) is 3.22. The van der Waals surface area contributed by atoms with E-state index in [1.165, 1.54) is 23.2 Å². The first-order valence-corrected chi connectivity index (χ1v) is 6.49. The Kier molecular flexibility index (Phi) is 3.17. The van der Waals surface area contributed by atoms with Gasteiger partial charge in [0.1, 0.15) is 0 Å². The number of nitrogens with zero attached hydrogens (tertiary/aromatic N) is 1. The largest absolute Gasteiger partial charge is 0.364 e. The molecule has 2 nitrogen and oxygen atoms in total. The second kappa shape index (κ2) is 4.34. The molecule has 0 bridgehead atoms. The van der Waals surface area contributed by atoms with Gasteiger partial charge in [0.25, 0.3) is 0 Å². The highest BCUT2D eigenvalue weighted by atomic mass is 15.3. The molecule has 1 aromatic rings. The van der Waals surface area contributed by atoms with Gasteiger partial charge >= 0.3 is 0 Å². The van der Waals surface area contributed by atoms with Crippen LogP contribution < -0.4 is 10.2 Å². The van der Waals surface area contributed by atoms with E-state index in [1.807, 2.05) is 0 Å². The number of aryl methyl sites for hydroxylation is 2. The van der Waals surface area contributed by atoms with E-state index in [1.54, 1.807) is 0 Å². The molecule has 2 rings (SSSR count). The van der Waals surface area contributed by atoms with Crippen LogP contribution in [0.1, 0.15) is 31.4 Å². The topological polar surface area (TPSA) is 15.3 Å². The molecular formula is C15H24N2. The highest BCUT2D eigenvalue weighted by molar-refractivity contribution is 5.61. The molecular weight excluding hydrogens is 208 g/mol. The number of para-hydroxylation sites is 1. The first-order valence-electron chi connectivity index (χ1n) is 6.49. The summed E-state index contributed by atoms with van der Waals surface area (Å²) in [7, 11) is 2.07. The fraction of sp³-hybridized carbons (Fsp3) is 0.600. The summed E-state index contributed by atoms with van der Waals surface area (Å²) in [5.41, 5.74) is 4.38. The Bertz CT molecular complexity index is 389. The highest BCUT2D eigenvalue weighted by Gasteiger charge is 2.41. The minimum atomic E-state index is 0.186. The van der Waals surface area contributed by atoms with E-state index in [4.69, 9.17) is 0 Å². The smallest absolute Gasteiger partial charge is 0.0499 e. The van der Waals surface area contributed by atoms with Crippen molar-refractivity contribution in [2.24, 2.45) is 0 Å². The molecule has 0 aliphatic carbocycles. The molecule has 1 aromatic carbocycles. The van der Waals surface area contributed by atoms with E-state index in [0.29, 0.717) is 6.04 Å². The molecule has 1 saturated heterocycles. The lowest BCUT2D eigenvalue weighted by molar-refractivity contribution is 0.402. The van der Waals surface area contributed by atoms with Crippen LogP contribution in [-0.4, -0.2) is 25.2 Å². The summed E-state index contributed by atoms with van der Waals surface area (Å²) in [4.78, 5) is 2.57. The maximum absolute atomic E-state index is 3.45. The lowest BCUT2D eigenvalue weighted by atomic mass is 9.94. The van der Waals surface area contributed by atoms with Crippen molar-refractivity contribution in [1.82, 2.24) is 5.32 Å². The maximum Gasteiger partial charge on any atom is 0.0499 e. The predicted octanol–water partition coefficient (Wildman–Crippen LogP) is 2.88. The van der Waals surface area contributed by atoms with Gasteiger partial charge in [-0.2, -0.15) is 0 Å². The third-order valence-corrected chi connectivity index (χ3v) is 4.25. The summed E-state index contributed by atoms with van der Waals surface area (Å²) < 4.78 is 0. The van der Waals surface area contributed by atoms with Crippen molar-refractivity contribution in [1.29, 1.82) is 0 Å². The average molecular weight is 232 g/mol. The number of hydrogen-bond donors (Lipinski definition) is 1. The summed E-state index contributed by atoms with van der Waals surface area (Å²) >= 11 is 0. The monoisotopic (exact) mass is 232 g/mol. The lowest BCUT2D eigenvalue weighted by Gasteiger charge is -2.39. The summed E-state index contributed by atoms with van der Waals surface area (Å²) in [5, 5.41) is 3.45. The number of hydrogen-bond acceptors (Lipinski definition) is 2. The number of nitrogens with one attached hydrogen (secondary N) is 1. The summed E-state index contributed by atoms with van der Waals surface area (Å²) in [5.74, 6) is 0. The molecule has 1 aliphatic rings. The number of anilines is 1. The van der Waals surface area contributed by atoms with Gasteiger partial charge in [-0.15, -0.1) is 0 Å². The molecule has 2 heteroatoms. The van der Waals surface area contributed by atoms with Gasteiger partial charge in [-0.3, -0.25) is 0 Å². The van der Waals surface area contributed by atoms with Crippen molar-refractivity contribution in [3.05, 3.63) is 29.3 Å². The molecule has 1 N–H and O–H groups in total. The minimum Gasteiger partial charge on any atom is -0.364 e. The van der Waals surface area contributed by atoms with Crippen molar-refractivity contribution in [3.63, 3.8) is 0 Å². The van der Waals surface area contributed by atoms with Crippen molar-refractivity contribution in [3.8, 4) is 0 Å². The molecule has 1 fully saturated rings. The van der Waals surface area contributed by atoms with E-state index >= 15 is 0 Å². The first kappa shape index (κ1) is 12.4. The van der Waals surface area contributed by atoms with Gasteiger partial charge in [-0.05, 0) is 52.3 Å². The summed E-state index contributed by atoms with van der Waals surface area (Å²) in [6.07, 6.45) is 1.22. The zero-order valence-electron chi connectivity index (χ0n) is 11.7. The third-order valence-electron chi connectivity index (χ3n) is 4.25. The van der Waals surface area contributed by atoms with Crippen LogP contribution in [0.2, 0.25) is 0 Å². The Balaban J connectivity index is 2.42. The van der Waals surface area contributed by atoms with Crippen LogP contribution in [0.15, 0.2) is 18.2 Å². The molecule has 1 heterocycles. The van der Waals surface area contributed by atoms with Crippen LogP contribution in [0.25, 0.3) is 0 Å². The molecule has 1 aliphatic heterocycles. The van der Waals surface area contributed by atoms with Crippen LogP contribution in [0.4, 0.5) is 5.69 Å². The standard InChI is InChI=1S/C15H24N2/c1-11-7-6-8-12(2)14(11)17-10-9-13(16-5)15(17,3)4/h6-8,13,16H,9-10H2,1-5H3. The van der Waals surface area contributed by atoms with Crippen LogP contribution in [-0.2, 0) is 0 Å². The number of likely N-dealkylation sites (N-methyl/N-ethyl adjacent to an activating group) is 1. The Labute approximate surface area is 105 Å². The van der Waals surface area contributed by atoms with Gasteiger partial charge in [-0.1, -0.05) is 18.2 Å². The van der Waals surface area contributed by atoms with Crippen LogP contribution in [0, 0.1) is 13.8 Å². The van der Waals surface area contributed by atoms with Crippen molar-refractivity contribution in [2.75, 3.05) is 18.5 Å². The summed E-state index contributed by atoms with van der Waals surface area (Å²) in [6.45, 7) is 10.3. The van der Waals surface area contributed by atoms with Crippen molar-refractivity contribution >= 4 is 5.69 Å². The molecule has 0 radical (unpaired) electrons. The minimum absolute atomic E-state index is 0.186. The Morgan fingerprint density at radius 2 is 1.82 bits per heavy atom. The second-order valence-electron chi connectivity index (χ2n) is 5.68. The number of benzene rings is 1. The van der Waals surface area contributed by atoms with E-state index in [2.05, 4.69) is 63.2 Å². The number of rotatable bonds is 2. The molecule has 0 spiro atoms. The third kappa shape index (κ3) is 1.95. The van der Waals surface area contributed by atoms with E-state index in [0.717, 1.165) is 6.54 Å². The molecule has 0 amide bonds. The fourth-order valence-electron chi connectivity index (χ4n) is 3.22. The average Bonchev–Trinajstić information content (AvgIpc) is 2.54. The summed E-state index contributed by atoms with van der Waals surface area (Å²) in [6, 6.07) is 7.14. The molecule has 17 heavy (non-hydrogen) atoms. The molecule has 1 unspecified atom stereocenters. The molecule has 1 atom stereocenters. The Morgan fingerprint density at radius 1 is 1.24 bits per heavy atom. The van der Waals surface area contributed by atoms with Crippen molar-refractivity contribution in [2.45, 2.75) is 45.7 Å². The predicted molar refractivity (Wildman–Crippen MR) is 74.8 cm³/mol. The van der Waals surface area contributed by atoms with Crippen molar-refractivity contribution < 1.29 is 0 Å². The Hall–Kier alpha value is -1.02. The maximum atomic E-state index is 3.45. The Morgan fingerprint density at radius 3 is 2.29 bits per heavy atom. The zero-order valence-corrected chi connectivity index (χ0v) is 11.7.